The van der Waals surface area contributed by atoms with Gasteiger partial charge >= 0.3 is 5.97 Å². The van der Waals surface area contributed by atoms with Crippen molar-refractivity contribution in [1.82, 2.24) is 9.38 Å². The molecule has 0 aliphatic heterocycles. The Labute approximate surface area is 141 Å². The molecular weight excluding hydrogens is 339 g/mol. The molecule has 116 valence electrons. The molecule has 2 heterocycles. The van der Waals surface area contributed by atoms with Crippen molar-refractivity contribution in [1.29, 1.82) is 0 Å². The van der Waals surface area contributed by atoms with E-state index in [0.717, 1.165) is 0 Å². The van der Waals surface area contributed by atoms with Crippen molar-refractivity contribution in [2.45, 2.75) is 6.42 Å². The predicted molar refractivity (Wildman–Crippen MR) is 87.2 cm³/mol. The topological polar surface area (TPSA) is 79.3 Å². The Morgan fingerprint density at radius 3 is 2.74 bits per heavy atom. The number of hydrogen-bond donors (Lipinski definition) is 1. The molecule has 0 saturated carbocycles. The molecule has 0 bridgehead atoms. The van der Waals surface area contributed by atoms with Gasteiger partial charge in [-0.05, 0) is 30.3 Å². The number of imidazole rings is 1. The van der Waals surface area contributed by atoms with E-state index in [0.29, 0.717) is 32.9 Å². The molecule has 0 fully saturated rings. The summed E-state index contributed by atoms with van der Waals surface area (Å²) in [5, 5.41) is 18.1. The number of carboxylic acid groups (broad SMARTS) is 1. The van der Waals surface area contributed by atoms with Crippen molar-refractivity contribution in [3.8, 4) is 0 Å². The molecule has 0 saturated heterocycles. The maximum atomic E-state index is 11.0. The van der Waals surface area contributed by atoms with E-state index >= 15 is 0 Å². The third kappa shape index (κ3) is 3.33. The zero-order chi connectivity index (χ0) is 16.4. The van der Waals surface area contributed by atoms with Crippen LogP contribution >= 0.6 is 23.2 Å². The van der Waals surface area contributed by atoms with Crippen LogP contribution in [-0.4, -0.2) is 20.5 Å². The maximum Gasteiger partial charge on any atom is 0.309 e. The number of halogens is 2. The second-order valence-corrected chi connectivity index (χ2v) is 5.49. The number of carboxylic acids is 1. The van der Waals surface area contributed by atoms with Gasteiger partial charge in [0.15, 0.2) is 5.82 Å². The minimum atomic E-state index is -0.987. The normalized spacial score (nSPS) is 11.4. The lowest BCUT2D eigenvalue weighted by atomic mass is 10.3. The van der Waals surface area contributed by atoms with Gasteiger partial charge in [0.2, 0.25) is 0 Å². The molecule has 8 heteroatoms. The van der Waals surface area contributed by atoms with E-state index in [1.165, 1.54) is 0 Å². The Hall–Kier alpha value is -2.44. The monoisotopic (exact) mass is 348 g/mol. The molecule has 0 spiro atoms. The van der Waals surface area contributed by atoms with Crippen molar-refractivity contribution >= 4 is 46.3 Å². The van der Waals surface area contributed by atoms with E-state index in [4.69, 9.17) is 28.3 Å². The number of benzene rings is 1. The highest BCUT2D eigenvalue weighted by atomic mass is 35.5. The van der Waals surface area contributed by atoms with Crippen molar-refractivity contribution in [3.05, 3.63) is 58.3 Å². The molecular formula is C15H10Cl2N4O2. The molecule has 0 aliphatic rings. The second-order valence-electron chi connectivity index (χ2n) is 4.68. The molecule has 0 atom stereocenters. The summed E-state index contributed by atoms with van der Waals surface area (Å²) < 4.78 is 1.68. The highest BCUT2D eigenvalue weighted by Crippen LogP contribution is 2.29. The van der Waals surface area contributed by atoms with Crippen molar-refractivity contribution in [2.75, 3.05) is 0 Å². The largest absolute Gasteiger partial charge is 0.481 e. The minimum Gasteiger partial charge on any atom is -0.481 e. The average molecular weight is 349 g/mol. The molecule has 6 nitrogen and oxygen atoms in total. The van der Waals surface area contributed by atoms with E-state index in [2.05, 4.69) is 15.2 Å². The highest BCUT2D eigenvalue weighted by Gasteiger charge is 2.14. The van der Waals surface area contributed by atoms with Crippen molar-refractivity contribution < 1.29 is 9.90 Å². The van der Waals surface area contributed by atoms with E-state index < -0.39 is 5.97 Å². The molecule has 1 aromatic carbocycles. The number of carbonyl (C=O) groups is 1. The van der Waals surface area contributed by atoms with Gasteiger partial charge in [0.25, 0.3) is 0 Å². The summed E-state index contributed by atoms with van der Waals surface area (Å²) in [6, 6.07) is 10.2. The lowest BCUT2D eigenvalue weighted by Gasteiger charge is -1.98. The van der Waals surface area contributed by atoms with E-state index in [1.54, 1.807) is 40.9 Å². The highest BCUT2D eigenvalue weighted by molar-refractivity contribution is 6.42. The summed E-state index contributed by atoms with van der Waals surface area (Å²) in [6.07, 6.45) is 1.51. The zero-order valence-electron chi connectivity index (χ0n) is 11.6. The Morgan fingerprint density at radius 1 is 1.17 bits per heavy atom. The predicted octanol–water partition coefficient (Wildman–Crippen LogP) is 4.68. The number of azo groups is 1. The fourth-order valence-electron chi connectivity index (χ4n) is 2.05. The summed E-state index contributed by atoms with van der Waals surface area (Å²) >= 11 is 11.8. The second kappa shape index (κ2) is 6.36. The number of rotatable bonds is 4. The molecule has 23 heavy (non-hydrogen) atoms. The smallest absolute Gasteiger partial charge is 0.309 e. The quantitative estimate of drug-likeness (QED) is 0.695. The number of aliphatic carboxylic acids is 1. The molecule has 2 aromatic heterocycles. The first kappa shape index (κ1) is 15.5. The van der Waals surface area contributed by atoms with Gasteiger partial charge < -0.3 is 5.11 Å². The van der Waals surface area contributed by atoms with Crippen molar-refractivity contribution in [2.24, 2.45) is 10.2 Å². The number of aromatic nitrogens is 2. The van der Waals surface area contributed by atoms with Gasteiger partial charge in [0.1, 0.15) is 5.65 Å². The van der Waals surface area contributed by atoms with Crippen LogP contribution in [0.15, 0.2) is 52.8 Å². The molecule has 3 aromatic rings. The molecule has 0 aliphatic carbocycles. The Morgan fingerprint density at radius 2 is 2.00 bits per heavy atom. The molecule has 0 unspecified atom stereocenters. The number of pyridine rings is 1. The fraction of sp³-hybridized carbons (Fsp3) is 0.0667. The van der Waals surface area contributed by atoms with Crippen LogP contribution in [0.25, 0.3) is 5.65 Å². The first-order valence-corrected chi connectivity index (χ1v) is 7.35. The fourth-order valence-corrected chi connectivity index (χ4v) is 2.34. The number of nitrogens with zero attached hydrogens (tertiary/aromatic N) is 4. The zero-order valence-corrected chi connectivity index (χ0v) is 13.2. The first-order valence-electron chi connectivity index (χ1n) is 6.59. The van der Waals surface area contributed by atoms with Gasteiger partial charge in [0.05, 0.1) is 27.8 Å². The number of fused-ring (bicyclic) bond motifs is 1. The Kier molecular flexibility index (Phi) is 4.27. The molecule has 1 N–H and O–H groups in total. The van der Waals surface area contributed by atoms with Crippen LogP contribution in [0.5, 0.6) is 0 Å². The van der Waals surface area contributed by atoms with Crippen LogP contribution in [0.3, 0.4) is 0 Å². The molecule has 3 rings (SSSR count). The van der Waals surface area contributed by atoms with Gasteiger partial charge in [-0.25, -0.2) is 4.98 Å². The van der Waals surface area contributed by atoms with Crippen LogP contribution in [0.4, 0.5) is 11.5 Å². The first-order chi connectivity index (χ1) is 11.0. The van der Waals surface area contributed by atoms with E-state index in [1.807, 2.05) is 6.07 Å². The standard InChI is InChI=1S/C15H10Cl2N4O2/c16-10-5-4-9(7-11(10)17)19-20-15-12(8-14(22)23)18-13-3-1-2-6-21(13)15/h1-7H,8H2,(H,22,23). The van der Waals surface area contributed by atoms with Crippen molar-refractivity contribution in [3.63, 3.8) is 0 Å². The summed E-state index contributed by atoms with van der Waals surface area (Å²) in [7, 11) is 0. The number of hydrogen-bond acceptors (Lipinski definition) is 4. The molecule has 0 amide bonds. The lowest BCUT2D eigenvalue weighted by molar-refractivity contribution is -0.136. The van der Waals surface area contributed by atoms with E-state index in [9.17, 15) is 4.79 Å². The SMILES string of the molecule is O=C(O)Cc1nc2ccccn2c1N=Nc1ccc(Cl)c(Cl)c1. The maximum absolute atomic E-state index is 11.0. The van der Waals surface area contributed by atoms with Crippen LogP contribution in [0.1, 0.15) is 5.69 Å². The summed E-state index contributed by atoms with van der Waals surface area (Å²) in [5.41, 5.74) is 1.45. The van der Waals surface area contributed by atoms with E-state index in [-0.39, 0.29) is 6.42 Å². The lowest BCUT2D eigenvalue weighted by Crippen LogP contribution is -2.00. The average Bonchev–Trinajstić information content (AvgIpc) is 2.85. The summed E-state index contributed by atoms with van der Waals surface area (Å²) in [5.74, 6) is -0.617. The van der Waals surface area contributed by atoms with Crippen LogP contribution in [0, 0.1) is 0 Å². The van der Waals surface area contributed by atoms with Crippen LogP contribution < -0.4 is 0 Å². The summed E-state index contributed by atoms with van der Waals surface area (Å²) in [6.45, 7) is 0. The van der Waals surface area contributed by atoms with Crippen LogP contribution in [0.2, 0.25) is 10.0 Å². The van der Waals surface area contributed by atoms with Gasteiger partial charge in [-0.2, -0.15) is 0 Å². The van der Waals surface area contributed by atoms with Gasteiger partial charge in [-0.15, -0.1) is 10.2 Å². The van der Waals surface area contributed by atoms with Gasteiger partial charge in [-0.3, -0.25) is 9.20 Å². The third-order valence-electron chi connectivity index (χ3n) is 3.06. The Balaban J connectivity index is 2.05. The molecule has 0 radical (unpaired) electrons. The Bertz CT molecular complexity index is 921. The summed E-state index contributed by atoms with van der Waals surface area (Å²) in [4.78, 5) is 15.3. The van der Waals surface area contributed by atoms with Crippen LogP contribution in [-0.2, 0) is 11.2 Å². The third-order valence-corrected chi connectivity index (χ3v) is 3.80. The van der Waals surface area contributed by atoms with Gasteiger partial charge in [-0.1, -0.05) is 29.3 Å². The minimum absolute atomic E-state index is 0.239. The van der Waals surface area contributed by atoms with Gasteiger partial charge in [0, 0.05) is 6.20 Å².